The molecule has 0 unspecified atom stereocenters. The number of benzene rings is 2. The molecule has 7 heteroatoms. The van der Waals surface area contributed by atoms with Gasteiger partial charge in [-0.15, -0.1) is 6.58 Å². The van der Waals surface area contributed by atoms with E-state index in [2.05, 4.69) is 21.6 Å². The van der Waals surface area contributed by atoms with E-state index in [0.717, 1.165) is 11.1 Å². The van der Waals surface area contributed by atoms with Crippen molar-refractivity contribution in [3.8, 4) is 11.4 Å². The lowest BCUT2D eigenvalue weighted by molar-refractivity contribution is 0.237. The molecule has 4 rings (SSSR count). The molecule has 0 fully saturated rings. The van der Waals surface area contributed by atoms with E-state index in [1.54, 1.807) is 10.6 Å². The summed E-state index contributed by atoms with van der Waals surface area (Å²) in [6, 6.07) is 17.1. The Labute approximate surface area is 161 Å². The molecule has 0 aliphatic heterocycles. The summed E-state index contributed by atoms with van der Waals surface area (Å²) in [5.74, 6) is 0.722. The molecule has 0 saturated heterocycles. The van der Waals surface area contributed by atoms with E-state index >= 15 is 0 Å². The molecule has 0 aliphatic carbocycles. The Balaban J connectivity index is 1.47. The first-order valence-electron chi connectivity index (χ1n) is 9.04. The van der Waals surface area contributed by atoms with Crippen molar-refractivity contribution < 1.29 is 8.94 Å². The lowest BCUT2D eigenvalue weighted by Gasteiger charge is -2.18. The average Bonchev–Trinajstić information content (AvgIpc) is 3.31. The molecule has 0 saturated carbocycles. The van der Waals surface area contributed by atoms with Gasteiger partial charge in [-0.3, -0.25) is 9.47 Å². The number of fused-ring (bicyclic) bond motifs is 1. The normalized spacial score (nSPS) is 11.3. The van der Waals surface area contributed by atoms with Crippen molar-refractivity contribution in [1.29, 1.82) is 0 Å². The maximum atomic E-state index is 12.1. The topological polar surface area (TPSA) is 77.3 Å². The molecule has 0 atom stereocenters. The maximum Gasteiger partial charge on any atom is 0.419 e. The molecule has 7 nitrogen and oxygen atoms in total. The Bertz CT molecular complexity index is 1130. The predicted molar refractivity (Wildman–Crippen MR) is 106 cm³/mol. The van der Waals surface area contributed by atoms with E-state index in [-0.39, 0.29) is 5.76 Å². The van der Waals surface area contributed by atoms with Crippen molar-refractivity contribution in [3.63, 3.8) is 0 Å². The van der Waals surface area contributed by atoms with Crippen LogP contribution in [0.1, 0.15) is 5.89 Å². The van der Waals surface area contributed by atoms with Gasteiger partial charge in [0.05, 0.1) is 12.1 Å². The van der Waals surface area contributed by atoms with E-state index in [0.29, 0.717) is 43.5 Å². The molecule has 0 radical (unpaired) electrons. The smallest absolute Gasteiger partial charge is 0.408 e. The van der Waals surface area contributed by atoms with Crippen LogP contribution in [0, 0.1) is 0 Å². The molecule has 2 aromatic heterocycles. The second kappa shape index (κ2) is 8.06. The third-order valence-electron chi connectivity index (χ3n) is 4.46. The van der Waals surface area contributed by atoms with Crippen LogP contribution in [0.25, 0.3) is 22.5 Å². The minimum atomic E-state index is -0.357. The fourth-order valence-electron chi connectivity index (χ4n) is 3.10. The molecular weight excluding hydrogens is 356 g/mol. The Morgan fingerprint density at radius 3 is 2.71 bits per heavy atom. The summed E-state index contributed by atoms with van der Waals surface area (Å²) in [6.45, 7) is 6.01. The minimum absolute atomic E-state index is 0.357. The number of nitrogens with zero attached hydrogens (tertiary/aromatic N) is 4. The molecule has 2 heterocycles. The monoisotopic (exact) mass is 376 g/mol. The van der Waals surface area contributed by atoms with Crippen LogP contribution in [0.4, 0.5) is 0 Å². The molecule has 0 N–H and O–H groups in total. The van der Waals surface area contributed by atoms with Crippen molar-refractivity contribution >= 4 is 11.1 Å². The predicted octanol–water partition coefficient (Wildman–Crippen LogP) is 3.33. The molecule has 142 valence electrons. The van der Waals surface area contributed by atoms with Gasteiger partial charge in [-0.1, -0.05) is 53.7 Å². The Kier molecular flexibility index (Phi) is 5.16. The van der Waals surface area contributed by atoms with Gasteiger partial charge in [0.2, 0.25) is 11.7 Å². The first-order valence-corrected chi connectivity index (χ1v) is 9.04. The third-order valence-corrected chi connectivity index (χ3v) is 4.46. The second-order valence-electron chi connectivity index (χ2n) is 6.39. The van der Waals surface area contributed by atoms with Gasteiger partial charge in [0.25, 0.3) is 0 Å². The van der Waals surface area contributed by atoms with E-state index in [1.807, 2.05) is 54.6 Å². The second-order valence-corrected chi connectivity index (χ2v) is 6.39. The van der Waals surface area contributed by atoms with Crippen LogP contribution in [-0.4, -0.2) is 32.7 Å². The summed E-state index contributed by atoms with van der Waals surface area (Å²) in [5, 5.41) is 4.06. The number of hydrogen-bond donors (Lipinski definition) is 0. The molecule has 28 heavy (non-hydrogen) atoms. The highest BCUT2D eigenvalue weighted by Gasteiger charge is 2.14. The zero-order valence-corrected chi connectivity index (χ0v) is 15.3. The largest absolute Gasteiger partial charge is 0.419 e. The quantitative estimate of drug-likeness (QED) is 0.439. The van der Waals surface area contributed by atoms with Crippen LogP contribution in [0.3, 0.4) is 0 Å². The minimum Gasteiger partial charge on any atom is -0.408 e. The number of aromatic nitrogens is 3. The molecule has 0 bridgehead atoms. The first kappa shape index (κ1) is 17.9. The highest BCUT2D eigenvalue weighted by Crippen LogP contribution is 2.16. The highest BCUT2D eigenvalue weighted by molar-refractivity contribution is 5.72. The van der Waals surface area contributed by atoms with E-state index in [4.69, 9.17) is 8.94 Å². The van der Waals surface area contributed by atoms with Crippen molar-refractivity contribution in [2.75, 3.05) is 13.1 Å². The molecule has 0 amide bonds. The van der Waals surface area contributed by atoms with Gasteiger partial charge in [0.15, 0.2) is 5.58 Å². The number of hydrogen-bond acceptors (Lipinski definition) is 6. The van der Waals surface area contributed by atoms with Gasteiger partial charge in [-0.2, -0.15) is 4.98 Å². The fourth-order valence-corrected chi connectivity index (χ4v) is 3.10. The Morgan fingerprint density at radius 2 is 1.89 bits per heavy atom. The molecule has 0 spiro atoms. The van der Waals surface area contributed by atoms with Gasteiger partial charge in [-0.05, 0) is 12.1 Å². The zero-order valence-electron chi connectivity index (χ0n) is 15.3. The van der Waals surface area contributed by atoms with E-state index in [9.17, 15) is 4.79 Å². The number of rotatable bonds is 8. The van der Waals surface area contributed by atoms with Gasteiger partial charge >= 0.3 is 5.76 Å². The van der Waals surface area contributed by atoms with Crippen molar-refractivity contribution in [2.45, 2.75) is 13.1 Å². The lowest BCUT2D eigenvalue weighted by Crippen LogP contribution is -2.29. The number of para-hydroxylation sites is 2. The third kappa shape index (κ3) is 3.79. The summed E-state index contributed by atoms with van der Waals surface area (Å²) >= 11 is 0. The van der Waals surface area contributed by atoms with Crippen LogP contribution < -0.4 is 5.76 Å². The van der Waals surface area contributed by atoms with Crippen LogP contribution in [0.2, 0.25) is 0 Å². The summed E-state index contributed by atoms with van der Waals surface area (Å²) in [4.78, 5) is 18.7. The average molecular weight is 376 g/mol. The maximum absolute atomic E-state index is 12.1. The Hall–Kier alpha value is -3.45. The van der Waals surface area contributed by atoms with Crippen molar-refractivity contribution in [2.24, 2.45) is 0 Å². The van der Waals surface area contributed by atoms with Crippen LogP contribution in [0.5, 0.6) is 0 Å². The highest BCUT2D eigenvalue weighted by atomic mass is 16.5. The summed E-state index contributed by atoms with van der Waals surface area (Å²) < 4.78 is 12.3. The summed E-state index contributed by atoms with van der Waals surface area (Å²) in [7, 11) is 0. The molecule has 4 aromatic rings. The van der Waals surface area contributed by atoms with Crippen molar-refractivity contribution in [3.05, 3.63) is 83.7 Å². The Morgan fingerprint density at radius 1 is 1.11 bits per heavy atom. The van der Waals surface area contributed by atoms with Crippen molar-refractivity contribution in [1.82, 2.24) is 19.6 Å². The van der Waals surface area contributed by atoms with Gasteiger partial charge < -0.3 is 8.94 Å². The van der Waals surface area contributed by atoms with Gasteiger partial charge in [0.1, 0.15) is 0 Å². The van der Waals surface area contributed by atoms with Crippen LogP contribution >= 0.6 is 0 Å². The molecule has 0 aliphatic rings. The van der Waals surface area contributed by atoms with Crippen LogP contribution in [-0.2, 0) is 13.1 Å². The number of oxazole rings is 1. The summed E-state index contributed by atoms with van der Waals surface area (Å²) in [6.07, 6.45) is 1.81. The van der Waals surface area contributed by atoms with E-state index in [1.165, 1.54) is 0 Å². The SMILES string of the molecule is C=CCN(CCn1c(=O)oc2ccccc21)Cc1nc(-c2ccccc2)no1. The van der Waals surface area contributed by atoms with E-state index < -0.39 is 0 Å². The molecule has 2 aromatic carbocycles. The first-order chi connectivity index (χ1) is 13.7. The van der Waals surface area contributed by atoms with Gasteiger partial charge in [0, 0.05) is 25.2 Å². The lowest BCUT2D eigenvalue weighted by atomic mass is 10.2. The standard InChI is InChI=1S/C21H20N4O3/c1-2-12-24(13-14-25-17-10-6-7-11-18(17)27-21(25)26)15-19-22-20(23-28-19)16-8-4-3-5-9-16/h2-11H,1,12-15H2. The fraction of sp³-hybridized carbons (Fsp3) is 0.190. The van der Waals surface area contributed by atoms with Gasteiger partial charge in [-0.25, -0.2) is 4.79 Å². The summed E-state index contributed by atoms with van der Waals surface area (Å²) in [5.41, 5.74) is 2.28. The van der Waals surface area contributed by atoms with Crippen LogP contribution in [0.15, 0.2) is 81.0 Å². The molecular formula is C21H20N4O3. The zero-order chi connectivity index (χ0) is 19.3.